The molecule has 0 unspecified atom stereocenters. The van der Waals surface area contributed by atoms with E-state index in [0.717, 1.165) is 0 Å². The van der Waals surface area contributed by atoms with E-state index in [2.05, 4.69) is 0 Å². The number of rotatable bonds is 1. The summed E-state index contributed by atoms with van der Waals surface area (Å²) in [4.78, 5) is 12.2. The van der Waals surface area contributed by atoms with E-state index in [1.165, 1.54) is 0 Å². The Balaban J connectivity index is 2.51. The van der Waals surface area contributed by atoms with Crippen LogP contribution >= 0.6 is 0 Å². The lowest BCUT2D eigenvalue weighted by molar-refractivity contribution is 0.282. The largest absolute Gasteiger partial charge is 0.456 e. The molecule has 3 rings (SSSR count). The molecule has 0 aliphatic heterocycles. The second-order valence-electron chi connectivity index (χ2n) is 3.92. The quantitative estimate of drug-likeness (QED) is 0.648. The molecule has 0 radical (unpaired) electrons. The highest BCUT2D eigenvalue weighted by atomic mass is 16.3. The molecule has 84 valence electrons. The first-order valence-corrected chi connectivity index (χ1v) is 5.35. The first-order valence-electron chi connectivity index (χ1n) is 5.35. The number of aliphatic hydroxyl groups excluding tert-OH is 1. The SMILES string of the molecule is O=c1c2ccccc2oc2ccc(CO)cc12. The fourth-order valence-electron chi connectivity index (χ4n) is 1.95. The van der Waals surface area contributed by atoms with Gasteiger partial charge in [0.15, 0.2) is 0 Å². The molecule has 3 aromatic rings. The molecule has 0 atom stereocenters. The predicted molar refractivity (Wildman–Crippen MR) is 65.9 cm³/mol. The summed E-state index contributed by atoms with van der Waals surface area (Å²) in [6.45, 7) is -0.0811. The zero-order valence-corrected chi connectivity index (χ0v) is 9.01. The van der Waals surface area contributed by atoms with Gasteiger partial charge >= 0.3 is 0 Å². The molecular formula is C14H10O3. The Kier molecular flexibility index (Phi) is 2.20. The number of hydrogen-bond acceptors (Lipinski definition) is 3. The highest BCUT2D eigenvalue weighted by molar-refractivity contribution is 5.89. The van der Waals surface area contributed by atoms with Crippen LogP contribution < -0.4 is 5.43 Å². The van der Waals surface area contributed by atoms with E-state index in [0.29, 0.717) is 27.5 Å². The van der Waals surface area contributed by atoms with Crippen LogP contribution in [-0.2, 0) is 6.61 Å². The Labute approximate surface area is 96.9 Å². The van der Waals surface area contributed by atoms with Crippen molar-refractivity contribution in [3.8, 4) is 0 Å². The van der Waals surface area contributed by atoms with Gasteiger partial charge in [-0.1, -0.05) is 18.2 Å². The summed E-state index contributed by atoms with van der Waals surface area (Å²) in [5, 5.41) is 10.1. The maximum Gasteiger partial charge on any atom is 0.200 e. The minimum atomic E-state index is -0.0811. The Bertz CT molecular complexity index is 756. The van der Waals surface area contributed by atoms with Gasteiger partial charge in [-0.05, 0) is 29.8 Å². The van der Waals surface area contributed by atoms with E-state index in [4.69, 9.17) is 9.52 Å². The Morgan fingerprint density at radius 2 is 1.76 bits per heavy atom. The van der Waals surface area contributed by atoms with Gasteiger partial charge in [-0.2, -0.15) is 0 Å². The molecule has 0 fully saturated rings. The molecule has 0 aliphatic rings. The summed E-state index contributed by atoms with van der Waals surface area (Å²) < 4.78 is 5.64. The van der Waals surface area contributed by atoms with Crippen molar-refractivity contribution in [2.45, 2.75) is 6.61 Å². The van der Waals surface area contributed by atoms with Crippen LogP contribution in [-0.4, -0.2) is 5.11 Å². The fourth-order valence-corrected chi connectivity index (χ4v) is 1.95. The molecule has 17 heavy (non-hydrogen) atoms. The van der Waals surface area contributed by atoms with Crippen LogP contribution in [0, 0.1) is 0 Å². The summed E-state index contributed by atoms with van der Waals surface area (Å²) in [5.41, 5.74) is 1.78. The highest BCUT2D eigenvalue weighted by Crippen LogP contribution is 2.19. The first-order chi connectivity index (χ1) is 8.29. The maximum absolute atomic E-state index is 12.2. The van der Waals surface area contributed by atoms with Gasteiger partial charge in [0.25, 0.3) is 0 Å². The maximum atomic E-state index is 12.2. The van der Waals surface area contributed by atoms with Gasteiger partial charge in [0.1, 0.15) is 11.2 Å². The van der Waals surface area contributed by atoms with Gasteiger partial charge in [0.05, 0.1) is 17.4 Å². The summed E-state index contributed by atoms with van der Waals surface area (Å²) in [5.74, 6) is 0. The van der Waals surface area contributed by atoms with E-state index in [9.17, 15) is 4.79 Å². The normalized spacial score (nSPS) is 11.1. The zero-order valence-electron chi connectivity index (χ0n) is 9.01. The third-order valence-corrected chi connectivity index (χ3v) is 2.82. The van der Waals surface area contributed by atoms with Crippen molar-refractivity contribution < 1.29 is 9.52 Å². The van der Waals surface area contributed by atoms with Crippen LogP contribution in [0.4, 0.5) is 0 Å². The molecular weight excluding hydrogens is 216 g/mol. The minimum absolute atomic E-state index is 0.0582. The molecule has 0 saturated carbocycles. The van der Waals surface area contributed by atoms with Crippen molar-refractivity contribution >= 4 is 21.9 Å². The molecule has 3 nitrogen and oxygen atoms in total. The van der Waals surface area contributed by atoms with Crippen LogP contribution in [0.5, 0.6) is 0 Å². The zero-order chi connectivity index (χ0) is 11.8. The fraction of sp³-hybridized carbons (Fsp3) is 0.0714. The van der Waals surface area contributed by atoms with Gasteiger partial charge in [-0.3, -0.25) is 4.79 Å². The van der Waals surface area contributed by atoms with Gasteiger partial charge < -0.3 is 9.52 Å². The molecule has 0 spiro atoms. The lowest BCUT2D eigenvalue weighted by atomic mass is 10.1. The van der Waals surface area contributed by atoms with Gasteiger partial charge in [0.2, 0.25) is 5.43 Å². The van der Waals surface area contributed by atoms with Crippen LogP contribution in [0.15, 0.2) is 51.7 Å². The van der Waals surface area contributed by atoms with Gasteiger partial charge in [-0.25, -0.2) is 0 Å². The second kappa shape index (κ2) is 3.71. The van der Waals surface area contributed by atoms with E-state index in [1.54, 1.807) is 36.4 Å². The van der Waals surface area contributed by atoms with Crippen molar-refractivity contribution in [3.63, 3.8) is 0 Å². The molecule has 1 heterocycles. The highest BCUT2D eigenvalue weighted by Gasteiger charge is 2.07. The Morgan fingerprint density at radius 1 is 1.00 bits per heavy atom. The van der Waals surface area contributed by atoms with E-state index in [1.807, 2.05) is 6.07 Å². The third kappa shape index (κ3) is 1.52. The summed E-state index contributed by atoms with van der Waals surface area (Å²) >= 11 is 0. The van der Waals surface area contributed by atoms with Crippen molar-refractivity contribution in [1.29, 1.82) is 0 Å². The average molecular weight is 226 g/mol. The molecule has 1 aromatic heterocycles. The number of para-hydroxylation sites is 1. The summed E-state index contributed by atoms with van der Waals surface area (Å²) in [6.07, 6.45) is 0. The number of hydrogen-bond donors (Lipinski definition) is 1. The number of aliphatic hydroxyl groups is 1. The second-order valence-corrected chi connectivity index (χ2v) is 3.92. The van der Waals surface area contributed by atoms with E-state index < -0.39 is 0 Å². The molecule has 0 amide bonds. The average Bonchev–Trinajstić information content (AvgIpc) is 2.39. The van der Waals surface area contributed by atoms with E-state index >= 15 is 0 Å². The van der Waals surface area contributed by atoms with Crippen molar-refractivity contribution in [3.05, 3.63) is 58.3 Å². The molecule has 3 heteroatoms. The number of benzene rings is 2. The molecule has 0 aliphatic carbocycles. The summed E-state index contributed by atoms with van der Waals surface area (Å²) in [6, 6.07) is 12.3. The van der Waals surface area contributed by atoms with Crippen molar-refractivity contribution in [2.75, 3.05) is 0 Å². The van der Waals surface area contributed by atoms with Crippen molar-refractivity contribution in [1.82, 2.24) is 0 Å². The monoisotopic (exact) mass is 226 g/mol. The number of fused-ring (bicyclic) bond motifs is 2. The van der Waals surface area contributed by atoms with Gasteiger partial charge in [0, 0.05) is 0 Å². The lowest BCUT2D eigenvalue weighted by Gasteiger charge is -2.02. The standard InChI is InChI=1S/C14H10O3/c15-8-9-5-6-13-11(7-9)14(16)10-3-1-2-4-12(10)17-13/h1-7,15H,8H2. The van der Waals surface area contributed by atoms with Gasteiger partial charge in [-0.15, -0.1) is 0 Å². The Morgan fingerprint density at radius 3 is 2.59 bits per heavy atom. The van der Waals surface area contributed by atoms with Crippen LogP contribution in [0.3, 0.4) is 0 Å². The molecule has 2 aromatic carbocycles. The summed E-state index contributed by atoms with van der Waals surface area (Å²) in [7, 11) is 0. The van der Waals surface area contributed by atoms with Crippen LogP contribution in [0.25, 0.3) is 21.9 Å². The smallest absolute Gasteiger partial charge is 0.200 e. The first kappa shape index (κ1) is 10.1. The van der Waals surface area contributed by atoms with E-state index in [-0.39, 0.29) is 12.0 Å². The van der Waals surface area contributed by atoms with Crippen LogP contribution in [0.2, 0.25) is 0 Å². The Hall–Kier alpha value is -2.13. The predicted octanol–water partition coefficient (Wildman–Crippen LogP) is 2.44. The lowest BCUT2D eigenvalue weighted by Crippen LogP contribution is -2.02. The van der Waals surface area contributed by atoms with Crippen molar-refractivity contribution in [2.24, 2.45) is 0 Å². The van der Waals surface area contributed by atoms with Crippen LogP contribution in [0.1, 0.15) is 5.56 Å². The molecule has 1 N–H and O–H groups in total. The minimum Gasteiger partial charge on any atom is -0.456 e. The molecule has 0 saturated heterocycles. The molecule has 0 bridgehead atoms. The topological polar surface area (TPSA) is 50.4 Å². The third-order valence-electron chi connectivity index (χ3n) is 2.82.